The van der Waals surface area contributed by atoms with E-state index in [0.717, 1.165) is 5.56 Å². The van der Waals surface area contributed by atoms with Crippen LogP contribution in [0.4, 0.5) is 0 Å². The van der Waals surface area contributed by atoms with Gasteiger partial charge in [-0.1, -0.05) is 12.1 Å². The maximum absolute atomic E-state index is 11.8. The van der Waals surface area contributed by atoms with Gasteiger partial charge in [-0.2, -0.15) is 0 Å². The van der Waals surface area contributed by atoms with Gasteiger partial charge in [0.15, 0.2) is 0 Å². The molecule has 0 heterocycles. The molecule has 5 nitrogen and oxygen atoms in total. The van der Waals surface area contributed by atoms with Gasteiger partial charge >= 0.3 is 5.97 Å². The number of hydrogen-bond acceptors (Lipinski definition) is 3. The normalized spacial score (nSPS) is 11.4. The Hall–Kier alpha value is -1.88. The summed E-state index contributed by atoms with van der Waals surface area (Å²) in [7, 11) is 1.83. The van der Waals surface area contributed by atoms with E-state index in [-0.39, 0.29) is 23.6 Å². The summed E-state index contributed by atoms with van der Waals surface area (Å²) in [5.74, 6) is -0.991. The second-order valence-corrected chi connectivity index (χ2v) is 5.98. The third-order valence-corrected chi connectivity index (χ3v) is 2.55. The maximum atomic E-state index is 11.8. The minimum absolute atomic E-state index is 0.0469. The molecule has 20 heavy (non-hydrogen) atoms. The summed E-state index contributed by atoms with van der Waals surface area (Å²) in [6.45, 7) is 6.59. The number of nitrogens with one attached hydrogen (secondary N) is 1. The molecule has 5 heteroatoms. The van der Waals surface area contributed by atoms with Crippen molar-refractivity contribution in [3.8, 4) is 0 Å². The van der Waals surface area contributed by atoms with Crippen LogP contribution in [-0.2, 0) is 11.3 Å². The van der Waals surface area contributed by atoms with Crippen molar-refractivity contribution in [2.75, 3.05) is 13.6 Å². The lowest BCUT2D eigenvalue weighted by Crippen LogP contribution is -2.45. The van der Waals surface area contributed by atoms with E-state index in [4.69, 9.17) is 5.11 Å². The van der Waals surface area contributed by atoms with Crippen LogP contribution < -0.4 is 5.32 Å². The third-order valence-electron chi connectivity index (χ3n) is 2.55. The van der Waals surface area contributed by atoms with Crippen LogP contribution in [0.15, 0.2) is 24.3 Å². The number of aromatic carboxylic acids is 1. The smallest absolute Gasteiger partial charge is 0.335 e. The highest BCUT2D eigenvalue weighted by molar-refractivity contribution is 5.87. The van der Waals surface area contributed by atoms with Crippen molar-refractivity contribution >= 4 is 11.9 Å². The SMILES string of the molecule is CN(CC(=O)NC(C)(C)C)Cc1cccc(C(=O)O)c1. The first-order valence-corrected chi connectivity index (χ1v) is 6.49. The van der Waals surface area contributed by atoms with Gasteiger partial charge in [-0.25, -0.2) is 4.79 Å². The molecule has 2 N–H and O–H groups in total. The highest BCUT2D eigenvalue weighted by Crippen LogP contribution is 2.08. The van der Waals surface area contributed by atoms with Crippen LogP contribution in [-0.4, -0.2) is 41.0 Å². The summed E-state index contributed by atoms with van der Waals surface area (Å²) in [6.07, 6.45) is 0. The minimum atomic E-state index is -0.944. The van der Waals surface area contributed by atoms with Gasteiger partial charge in [0, 0.05) is 12.1 Å². The van der Waals surface area contributed by atoms with E-state index >= 15 is 0 Å². The number of likely N-dealkylation sites (N-methyl/N-ethyl adjacent to an activating group) is 1. The molecule has 1 aromatic rings. The van der Waals surface area contributed by atoms with E-state index in [1.54, 1.807) is 18.2 Å². The zero-order valence-corrected chi connectivity index (χ0v) is 12.4. The fourth-order valence-corrected chi connectivity index (χ4v) is 1.87. The van der Waals surface area contributed by atoms with Crippen LogP contribution in [0.2, 0.25) is 0 Å². The molecule has 0 aromatic heterocycles. The van der Waals surface area contributed by atoms with Gasteiger partial charge in [-0.3, -0.25) is 9.69 Å². The van der Waals surface area contributed by atoms with E-state index in [1.807, 2.05) is 38.8 Å². The number of hydrogen-bond donors (Lipinski definition) is 2. The lowest BCUT2D eigenvalue weighted by Gasteiger charge is -2.23. The number of nitrogens with zero attached hydrogens (tertiary/aromatic N) is 1. The van der Waals surface area contributed by atoms with Crippen molar-refractivity contribution in [3.63, 3.8) is 0 Å². The van der Waals surface area contributed by atoms with Crippen LogP contribution in [0.3, 0.4) is 0 Å². The number of carboxylic acids is 1. The van der Waals surface area contributed by atoms with Crippen molar-refractivity contribution in [2.24, 2.45) is 0 Å². The molecule has 0 atom stereocenters. The maximum Gasteiger partial charge on any atom is 0.335 e. The number of carbonyl (C=O) groups is 2. The van der Waals surface area contributed by atoms with E-state index < -0.39 is 5.97 Å². The molecule has 0 spiro atoms. The second-order valence-electron chi connectivity index (χ2n) is 5.98. The molecule has 0 aliphatic carbocycles. The van der Waals surface area contributed by atoms with E-state index in [2.05, 4.69) is 5.32 Å². The van der Waals surface area contributed by atoms with Crippen LogP contribution in [0, 0.1) is 0 Å². The number of carboxylic acid groups (broad SMARTS) is 1. The predicted molar refractivity (Wildman–Crippen MR) is 77.6 cm³/mol. The number of rotatable bonds is 5. The van der Waals surface area contributed by atoms with Gasteiger partial charge in [0.25, 0.3) is 0 Å². The summed E-state index contributed by atoms with van der Waals surface area (Å²) >= 11 is 0. The Labute approximate surface area is 119 Å². The topological polar surface area (TPSA) is 69.6 Å². The highest BCUT2D eigenvalue weighted by atomic mass is 16.4. The molecule has 0 aliphatic heterocycles. The molecule has 0 aliphatic rings. The average Bonchev–Trinajstić information content (AvgIpc) is 2.25. The Morgan fingerprint density at radius 1 is 1.30 bits per heavy atom. The first-order chi connectivity index (χ1) is 9.17. The van der Waals surface area contributed by atoms with Gasteiger partial charge in [0.2, 0.25) is 5.91 Å². The monoisotopic (exact) mass is 278 g/mol. The third kappa shape index (κ3) is 5.84. The number of carbonyl (C=O) groups excluding carboxylic acids is 1. The number of amides is 1. The molecule has 0 radical (unpaired) electrons. The van der Waals surface area contributed by atoms with E-state index in [0.29, 0.717) is 6.54 Å². The molecular formula is C15H22N2O3. The van der Waals surface area contributed by atoms with Crippen LogP contribution >= 0.6 is 0 Å². The molecule has 1 amide bonds. The Bertz CT molecular complexity index is 492. The van der Waals surface area contributed by atoms with Gasteiger partial charge < -0.3 is 10.4 Å². The lowest BCUT2D eigenvalue weighted by atomic mass is 10.1. The summed E-state index contributed by atoms with van der Waals surface area (Å²) < 4.78 is 0. The molecule has 0 saturated heterocycles. The van der Waals surface area contributed by atoms with E-state index in [1.165, 1.54) is 0 Å². The van der Waals surface area contributed by atoms with Crippen LogP contribution in [0.1, 0.15) is 36.7 Å². The second kappa shape index (κ2) is 6.52. The summed E-state index contributed by atoms with van der Waals surface area (Å²) in [6, 6.07) is 6.74. The first-order valence-electron chi connectivity index (χ1n) is 6.49. The molecule has 1 rings (SSSR count). The number of benzene rings is 1. The van der Waals surface area contributed by atoms with Crippen molar-refractivity contribution in [1.82, 2.24) is 10.2 Å². The zero-order chi connectivity index (χ0) is 15.3. The Kier molecular flexibility index (Phi) is 5.27. The standard InChI is InChI=1S/C15H22N2O3/c1-15(2,3)16-13(18)10-17(4)9-11-6-5-7-12(8-11)14(19)20/h5-8H,9-10H2,1-4H3,(H,16,18)(H,19,20). The van der Waals surface area contributed by atoms with Crippen molar-refractivity contribution in [1.29, 1.82) is 0 Å². The van der Waals surface area contributed by atoms with Crippen molar-refractivity contribution in [2.45, 2.75) is 32.9 Å². The fourth-order valence-electron chi connectivity index (χ4n) is 1.87. The average molecular weight is 278 g/mol. The summed E-state index contributed by atoms with van der Waals surface area (Å²) in [5, 5.41) is 11.8. The fraction of sp³-hybridized carbons (Fsp3) is 0.467. The molecule has 1 aromatic carbocycles. The first kappa shape index (κ1) is 16.2. The van der Waals surface area contributed by atoms with Gasteiger partial charge in [-0.15, -0.1) is 0 Å². The highest BCUT2D eigenvalue weighted by Gasteiger charge is 2.15. The molecule has 110 valence electrons. The molecule has 0 saturated carbocycles. The molecule has 0 unspecified atom stereocenters. The van der Waals surface area contributed by atoms with Crippen LogP contribution in [0.5, 0.6) is 0 Å². The largest absolute Gasteiger partial charge is 0.478 e. The quantitative estimate of drug-likeness (QED) is 0.860. The van der Waals surface area contributed by atoms with E-state index in [9.17, 15) is 9.59 Å². The Balaban J connectivity index is 2.58. The van der Waals surface area contributed by atoms with Gasteiger partial charge in [-0.05, 0) is 45.5 Å². The lowest BCUT2D eigenvalue weighted by molar-refractivity contribution is -0.123. The predicted octanol–water partition coefficient (Wildman–Crippen LogP) is 1.73. The molecule has 0 bridgehead atoms. The minimum Gasteiger partial charge on any atom is -0.478 e. The zero-order valence-electron chi connectivity index (χ0n) is 12.4. The Morgan fingerprint density at radius 3 is 2.50 bits per heavy atom. The summed E-state index contributed by atoms with van der Waals surface area (Å²) in [4.78, 5) is 24.5. The summed E-state index contributed by atoms with van der Waals surface area (Å²) in [5.41, 5.74) is 0.882. The van der Waals surface area contributed by atoms with Gasteiger partial charge in [0.1, 0.15) is 0 Å². The molecular weight excluding hydrogens is 256 g/mol. The van der Waals surface area contributed by atoms with Crippen molar-refractivity contribution < 1.29 is 14.7 Å². The Morgan fingerprint density at radius 2 is 1.95 bits per heavy atom. The van der Waals surface area contributed by atoms with Crippen molar-refractivity contribution in [3.05, 3.63) is 35.4 Å². The van der Waals surface area contributed by atoms with Crippen LogP contribution in [0.25, 0.3) is 0 Å². The van der Waals surface area contributed by atoms with Gasteiger partial charge in [0.05, 0.1) is 12.1 Å². The molecule has 0 fully saturated rings.